The van der Waals surface area contributed by atoms with Gasteiger partial charge in [0.2, 0.25) is 11.8 Å². The van der Waals surface area contributed by atoms with E-state index in [9.17, 15) is 19.2 Å². The summed E-state index contributed by atoms with van der Waals surface area (Å²) < 4.78 is 15.1. The second-order valence-corrected chi connectivity index (χ2v) is 7.00. The lowest BCUT2D eigenvalue weighted by Crippen LogP contribution is -2.37. The molecule has 1 aromatic carbocycles. The van der Waals surface area contributed by atoms with Crippen LogP contribution in [-0.4, -0.2) is 49.4 Å². The van der Waals surface area contributed by atoms with E-state index in [0.29, 0.717) is 18.4 Å². The van der Waals surface area contributed by atoms with Crippen LogP contribution in [0.4, 0.5) is 0 Å². The van der Waals surface area contributed by atoms with E-state index in [0.717, 1.165) is 17.7 Å². The van der Waals surface area contributed by atoms with E-state index >= 15 is 0 Å². The maximum absolute atomic E-state index is 12.5. The van der Waals surface area contributed by atoms with Crippen molar-refractivity contribution in [3.8, 4) is 11.5 Å². The Morgan fingerprint density at radius 1 is 1.07 bits per heavy atom. The van der Waals surface area contributed by atoms with Crippen LogP contribution in [-0.2, 0) is 23.9 Å². The number of amides is 2. The predicted octanol–water partition coefficient (Wildman–Crippen LogP) is 1.96. The fourth-order valence-corrected chi connectivity index (χ4v) is 3.78. The van der Waals surface area contributed by atoms with Gasteiger partial charge in [0.1, 0.15) is 6.54 Å². The van der Waals surface area contributed by atoms with E-state index in [-0.39, 0.29) is 35.1 Å². The van der Waals surface area contributed by atoms with Crippen LogP contribution in [0.15, 0.2) is 24.3 Å². The molecule has 2 amide bonds. The molecule has 2 fully saturated rings. The van der Waals surface area contributed by atoms with E-state index in [4.69, 9.17) is 9.47 Å². The SMILES string of the molecule is COC(=O)/C=C/c1ccc(OC(=O)CN2C(=O)C3CCCCC3C2=O)c(OC)c1. The molecular formula is C21H23NO7. The standard InChI is InChI=1S/C21H23NO7/c1-27-17-11-13(8-10-18(23)28-2)7-9-16(17)29-19(24)12-22-20(25)14-5-3-4-6-15(14)21(22)26/h7-11,14-15H,3-6,12H2,1-2H3/b10-8+. The molecule has 8 nitrogen and oxygen atoms in total. The van der Waals surface area contributed by atoms with Crippen LogP contribution < -0.4 is 9.47 Å². The first-order valence-corrected chi connectivity index (χ1v) is 9.44. The first-order chi connectivity index (χ1) is 13.9. The molecule has 2 unspecified atom stereocenters. The Kier molecular flexibility index (Phi) is 6.31. The van der Waals surface area contributed by atoms with Crippen molar-refractivity contribution in [2.45, 2.75) is 25.7 Å². The van der Waals surface area contributed by atoms with Gasteiger partial charge in [0.05, 0.1) is 26.1 Å². The van der Waals surface area contributed by atoms with Gasteiger partial charge in [-0.2, -0.15) is 0 Å². The van der Waals surface area contributed by atoms with Crippen LogP contribution in [0.3, 0.4) is 0 Å². The summed E-state index contributed by atoms with van der Waals surface area (Å²) >= 11 is 0. The molecule has 0 aromatic heterocycles. The minimum Gasteiger partial charge on any atom is -0.493 e. The van der Waals surface area contributed by atoms with Gasteiger partial charge in [0.15, 0.2) is 11.5 Å². The first kappa shape index (κ1) is 20.6. The fraction of sp³-hybridized carbons (Fsp3) is 0.429. The topological polar surface area (TPSA) is 99.2 Å². The molecule has 1 aliphatic heterocycles. The van der Waals surface area contributed by atoms with Gasteiger partial charge in [0.25, 0.3) is 0 Å². The largest absolute Gasteiger partial charge is 0.493 e. The number of benzene rings is 1. The molecule has 8 heteroatoms. The van der Waals surface area contributed by atoms with Crippen LogP contribution in [0.1, 0.15) is 31.2 Å². The van der Waals surface area contributed by atoms with Crippen molar-refractivity contribution in [1.82, 2.24) is 4.90 Å². The van der Waals surface area contributed by atoms with Crippen molar-refractivity contribution < 1.29 is 33.4 Å². The van der Waals surface area contributed by atoms with Crippen LogP contribution >= 0.6 is 0 Å². The number of hydrogen-bond acceptors (Lipinski definition) is 7. The van der Waals surface area contributed by atoms with Crippen molar-refractivity contribution in [1.29, 1.82) is 0 Å². The summed E-state index contributed by atoms with van der Waals surface area (Å²) in [6.45, 7) is -0.419. The zero-order chi connectivity index (χ0) is 21.0. The van der Waals surface area contributed by atoms with Gasteiger partial charge in [-0.15, -0.1) is 0 Å². The van der Waals surface area contributed by atoms with Crippen LogP contribution in [0.25, 0.3) is 6.08 Å². The number of fused-ring (bicyclic) bond motifs is 1. The van der Waals surface area contributed by atoms with Gasteiger partial charge in [-0.1, -0.05) is 18.9 Å². The summed E-state index contributed by atoms with van der Waals surface area (Å²) in [5.41, 5.74) is 0.640. The number of carbonyl (C=O) groups excluding carboxylic acids is 4. The molecular weight excluding hydrogens is 378 g/mol. The first-order valence-electron chi connectivity index (χ1n) is 9.44. The van der Waals surface area contributed by atoms with E-state index in [1.165, 1.54) is 32.4 Å². The molecule has 1 saturated heterocycles. The molecule has 0 radical (unpaired) electrons. The minimum absolute atomic E-state index is 0.157. The number of carbonyl (C=O) groups is 4. The lowest BCUT2D eigenvalue weighted by molar-refractivity contribution is -0.148. The molecule has 1 heterocycles. The molecule has 2 atom stereocenters. The number of ether oxygens (including phenoxy) is 3. The molecule has 154 valence electrons. The highest BCUT2D eigenvalue weighted by atomic mass is 16.6. The summed E-state index contributed by atoms with van der Waals surface area (Å²) in [6.07, 6.45) is 6.01. The third-order valence-corrected chi connectivity index (χ3v) is 5.24. The van der Waals surface area contributed by atoms with Crippen LogP contribution in [0.2, 0.25) is 0 Å². The number of nitrogens with zero attached hydrogens (tertiary/aromatic N) is 1. The van der Waals surface area contributed by atoms with E-state index in [2.05, 4.69) is 4.74 Å². The Labute approximate surface area is 168 Å². The summed E-state index contributed by atoms with van der Waals surface area (Å²) in [6, 6.07) is 4.73. The highest BCUT2D eigenvalue weighted by Gasteiger charge is 2.48. The van der Waals surface area contributed by atoms with Crippen molar-refractivity contribution in [3.63, 3.8) is 0 Å². The Morgan fingerprint density at radius 2 is 1.72 bits per heavy atom. The van der Waals surface area contributed by atoms with Gasteiger partial charge in [0, 0.05) is 6.08 Å². The number of hydrogen-bond donors (Lipinski definition) is 0. The maximum Gasteiger partial charge on any atom is 0.331 e. The molecule has 3 rings (SSSR count). The lowest BCUT2D eigenvalue weighted by Gasteiger charge is -2.19. The second-order valence-electron chi connectivity index (χ2n) is 7.00. The van der Waals surface area contributed by atoms with Gasteiger partial charge >= 0.3 is 11.9 Å². The molecule has 0 bridgehead atoms. The molecule has 1 saturated carbocycles. The smallest absolute Gasteiger partial charge is 0.331 e. The van der Waals surface area contributed by atoms with Crippen LogP contribution in [0.5, 0.6) is 11.5 Å². The molecule has 1 aromatic rings. The third kappa shape index (κ3) is 4.47. The normalized spacial score (nSPS) is 21.2. The Morgan fingerprint density at radius 3 is 2.31 bits per heavy atom. The van der Waals surface area contributed by atoms with Gasteiger partial charge in [-0.25, -0.2) is 9.59 Å². The number of methoxy groups -OCH3 is 2. The monoisotopic (exact) mass is 401 g/mol. The summed E-state index contributed by atoms with van der Waals surface area (Å²) in [5.74, 6) is -1.97. The van der Waals surface area contributed by atoms with E-state index in [1.807, 2.05) is 0 Å². The molecule has 29 heavy (non-hydrogen) atoms. The van der Waals surface area contributed by atoms with Crippen molar-refractivity contribution in [2.75, 3.05) is 20.8 Å². The number of esters is 2. The summed E-state index contributed by atoms with van der Waals surface area (Å²) in [7, 11) is 2.69. The van der Waals surface area contributed by atoms with Gasteiger partial charge < -0.3 is 14.2 Å². The molecule has 0 spiro atoms. The van der Waals surface area contributed by atoms with Crippen molar-refractivity contribution in [2.24, 2.45) is 11.8 Å². The predicted molar refractivity (Wildman–Crippen MR) is 102 cm³/mol. The minimum atomic E-state index is -0.721. The van der Waals surface area contributed by atoms with Crippen molar-refractivity contribution >= 4 is 29.8 Å². The maximum atomic E-state index is 12.5. The molecule has 2 aliphatic rings. The van der Waals surface area contributed by atoms with E-state index < -0.39 is 18.5 Å². The lowest BCUT2D eigenvalue weighted by atomic mass is 9.81. The molecule has 0 N–H and O–H groups in total. The average molecular weight is 401 g/mol. The Balaban J connectivity index is 1.67. The summed E-state index contributed by atoms with van der Waals surface area (Å²) in [4.78, 5) is 49.6. The van der Waals surface area contributed by atoms with Crippen molar-refractivity contribution in [3.05, 3.63) is 29.8 Å². The molecule has 1 aliphatic carbocycles. The third-order valence-electron chi connectivity index (χ3n) is 5.24. The highest BCUT2D eigenvalue weighted by Crippen LogP contribution is 2.38. The Bertz CT molecular complexity index is 837. The highest BCUT2D eigenvalue weighted by molar-refractivity contribution is 6.07. The average Bonchev–Trinajstić information content (AvgIpc) is 2.97. The van der Waals surface area contributed by atoms with E-state index in [1.54, 1.807) is 12.1 Å². The number of rotatable bonds is 6. The van der Waals surface area contributed by atoms with Gasteiger partial charge in [-0.3, -0.25) is 14.5 Å². The zero-order valence-electron chi connectivity index (χ0n) is 16.4. The van der Waals surface area contributed by atoms with Crippen LogP contribution in [0, 0.1) is 11.8 Å². The number of imide groups is 1. The second kappa shape index (κ2) is 8.89. The van der Waals surface area contributed by atoms with Gasteiger partial charge in [-0.05, 0) is 36.6 Å². The Hall–Kier alpha value is -3.16. The quantitative estimate of drug-likeness (QED) is 0.311. The summed E-state index contributed by atoms with van der Waals surface area (Å²) in [5, 5.41) is 0. The zero-order valence-corrected chi connectivity index (χ0v) is 16.4. The number of likely N-dealkylation sites (tertiary alicyclic amines) is 1. The fourth-order valence-electron chi connectivity index (χ4n) is 3.78.